The standard InChI is InChI=1S/C29H29F2N5O3/c1-29(2,38)27-33-14-22(15-34-27)20-6-8-23-24(12-20)36(35(3)26(23)37)16-21-11-19(7-9-25(21)39-28(30)31)18-5-4-17(10-18)13-32/h6-9,11-12,14-15,17-18,28,38H,4-5,10,16H2,1-3H3/t17-,18+/m1/s1. The number of alkyl halides is 2. The molecule has 1 aliphatic rings. The van der Waals surface area contributed by atoms with Crippen LogP contribution in [0, 0.1) is 17.2 Å². The van der Waals surface area contributed by atoms with Crippen LogP contribution in [-0.2, 0) is 19.2 Å². The molecule has 4 aromatic rings. The smallest absolute Gasteiger partial charge is 0.387 e. The van der Waals surface area contributed by atoms with Crippen molar-refractivity contribution in [1.29, 1.82) is 5.26 Å². The average molecular weight is 534 g/mol. The Kier molecular flexibility index (Phi) is 6.95. The number of hydrogen-bond donors (Lipinski definition) is 1. The fourth-order valence-electron chi connectivity index (χ4n) is 5.29. The lowest BCUT2D eigenvalue weighted by Crippen LogP contribution is -2.20. The van der Waals surface area contributed by atoms with Gasteiger partial charge in [0.2, 0.25) is 0 Å². The van der Waals surface area contributed by atoms with Crippen molar-refractivity contribution in [3.63, 3.8) is 0 Å². The summed E-state index contributed by atoms with van der Waals surface area (Å²) in [5.41, 5.74) is 2.17. The molecule has 2 atom stereocenters. The molecule has 39 heavy (non-hydrogen) atoms. The minimum Gasteiger partial charge on any atom is -0.434 e. The minimum absolute atomic E-state index is 0.00966. The van der Waals surface area contributed by atoms with Gasteiger partial charge in [0.05, 0.1) is 23.5 Å². The maximum absolute atomic E-state index is 13.3. The van der Waals surface area contributed by atoms with Crippen LogP contribution in [0.5, 0.6) is 5.75 Å². The van der Waals surface area contributed by atoms with E-state index in [2.05, 4.69) is 16.0 Å². The van der Waals surface area contributed by atoms with Crippen molar-refractivity contribution in [3.8, 4) is 22.9 Å². The lowest BCUT2D eigenvalue weighted by molar-refractivity contribution is -0.0505. The third-order valence-corrected chi connectivity index (χ3v) is 7.40. The first kappa shape index (κ1) is 26.5. The molecule has 8 nitrogen and oxygen atoms in total. The fourth-order valence-corrected chi connectivity index (χ4v) is 5.29. The molecule has 0 saturated heterocycles. The van der Waals surface area contributed by atoms with Gasteiger partial charge in [0.1, 0.15) is 11.4 Å². The zero-order valence-corrected chi connectivity index (χ0v) is 21.9. The minimum atomic E-state index is -2.99. The topological polar surface area (TPSA) is 106 Å². The number of ether oxygens (including phenoxy) is 1. The third kappa shape index (κ3) is 5.27. The van der Waals surface area contributed by atoms with E-state index in [1.165, 1.54) is 4.68 Å². The highest BCUT2D eigenvalue weighted by atomic mass is 19.3. The molecule has 1 aliphatic carbocycles. The number of aromatic nitrogens is 4. The van der Waals surface area contributed by atoms with Crippen molar-refractivity contribution < 1.29 is 18.6 Å². The summed E-state index contributed by atoms with van der Waals surface area (Å²) < 4.78 is 34.6. The molecule has 2 heterocycles. The highest BCUT2D eigenvalue weighted by molar-refractivity contribution is 5.84. The third-order valence-electron chi connectivity index (χ3n) is 7.40. The summed E-state index contributed by atoms with van der Waals surface area (Å²) in [6, 6.07) is 12.9. The van der Waals surface area contributed by atoms with Gasteiger partial charge in [0.15, 0.2) is 5.82 Å². The Balaban J connectivity index is 1.56. The average Bonchev–Trinajstić information content (AvgIpc) is 3.48. The zero-order valence-electron chi connectivity index (χ0n) is 21.9. The normalized spacial score (nSPS) is 17.6. The number of aliphatic hydroxyl groups is 1. The Morgan fingerprint density at radius 3 is 2.54 bits per heavy atom. The molecule has 0 bridgehead atoms. The second kappa shape index (κ2) is 10.2. The molecule has 0 radical (unpaired) electrons. The van der Waals surface area contributed by atoms with Gasteiger partial charge in [-0.3, -0.25) is 14.2 Å². The van der Waals surface area contributed by atoms with Crippen LogP contribution in [0.4, 0.5) is 8.78 Å². The second-order valence-corrected chi connectivity index (χ2v) is 10.6. The van der Waals surface area contributed by atoms with Crippen LogP contribution in [0.2, 0.25) is 0 Å². The Labute approximate surface area is 224 Å². The first-order chi connectivity index (χ1) is 18.5. The van der Waals surface area contributed by atoms with E-state index in [1.807, 2.05) is 12.1 Å². The summed E-state index contributed by atoms with van der Waals surface area (Å²) >= 11 is 0. The van der Waals surface area contributed by atoms with Crippen molar-refractivity contribution in [2.24, 2.45) is 13.0 Å². The van der Waals surface area contributed by atoms with E-state index < -0.39 is 12.2 Å². The molecular weight excluding hydrogens is 504 g/mol. The summed E-state index contributed by atoms with van der Waals surface area (Å²) in [4.78, 5) is 21.6. The van der Waals surface area contributed by atoms with E-state index in [9.17, 15) is 23.9 Å². The predicted molar refractivity (Wildman–Crippen MR) is 141 cm³/mol. The van der Waals surface area contributed by atoms with Gasteiger partial charge in [0.25, 0.3) is 5.56 Å². The van der Waals surface area contributed by atoms with Gasteiger partial charge < -0.3 is 9.84 Å². The first-order valence-electron chi connectivity index (χ1n) is 12.8. The maximum Gasteiger partial charge on any atom is 0.387 e. The molecule has 2 aromatic heterocycles. The molecule has 1 fully saturated rings. The van der Waals surface area contributed by atoms with Gasteiger partial charge in [-0.25, -0.2) is 9.97 Å². The lowest BCUT2D eigenvalue weighted by atomic mass is 9.94. The van der Waals surface area contributed by atoms with Crippen LogP contribution in [0.3, 0.4) is 0 Å². The number of rotatable bonds is 7. The van der Waals surface area contributed by atoms with E-state index in [0.29, 0.717) is 27.9 Å². The number of nitrogens with zero attached hydrogens (tertiary/aromatic N) is 5. The molecule has 202 valence electrons. The van der Waals surface area contributed by atoms with E-state index in [1.54, 1.807) is 62.2 Å². The Bertz CT molecular complexity index is 1610. The monoisotopic (exact) mass is 533 g/mol. The maximum atomic E-state index is 13.3. The molecule has 10 heteroatoms. The number of halogens is 2. The fraction of sp³-hybridized carbons (Fsp3) is 0.379. The zero-order chi connectivity index (χ0) is 27.9. The van der Waals surface area contributed by atoms with Crippen LogP contribution in [0.25, 0.3) is 22.0 Å². The van der Waals surface area contributed by atoms with Crippen molar-refractivity contribution in [2.75, 3.05) is 0 Å². The van der Waals surface area contributed by atoms with Crippen LogP contribution in [0.15, 0.2) is 53.6 Å². The highest BCUT2D eigenvalue weighted by Crippen LogP contribution is 2.39. The van der Waals surface area contributed by atoms with Crippen LogP contribution >= 0.6 is 0 Å². The van der Waals surface area contributed by atoms with Gasteiger partial charge in [-0.05, 0) is 74.4 Å². The van der Waals surface area contributed by atoms with Gasteiger partial charge in [-0.15, -0.1) is 0 Å². The van der Waals surface area contributed by atoms with Gasteiger partial charge in [0, 0.05) is 36.5 Å². The number of nitriles is 1. The van der Waals surface area contributed by atoms with Crippen molar-refractivity contribution in [2.45, 2.75) is 57.8 Å². The molecule has 1 N–H and O–H groups in total. The van der Waals surface area contributed by atoms with E-state index >= 15 is 0 Å². The Morgan fingerprint density at radius 1 is 1.15 bits per heavy atom. The molecule has 1 saturated carbocycles. The largest absolute Gasteiger partial charge is 0.434 e. The van der Waals surface area contributed by atoms with Crippen molar-refractivity contribution >= 4 is 10.9 Å². The van der Waals surface area contributed by atoms with Gasteiger partial charge >= 0.3 is 6.61 Å². The summed E-state index contributed by atoms with van der Waals surface area (Å²) in [6.07, 6.45) is 5.62. The second-order valence-electron chi connectivity index (χ2n) is 10.6. The molecular formula is C29H29F2N5O3. The highest BCUT2D eigenvalue weighted by Gasteiger charge is 2.27. The van der Waals surface area contributed by atoms with Gasteiger partial charge in [-0.2, -0.15) is 14.0 Å². The number of hydrogen-bond acceptors (Lipinski definition) is 6. The molecule has 0 amide bonds. The van der Waals surface area contributed by atoms with E-state index in [-0.39, 0.29) is 29.7 Å². The number of fused-ring (bicyclic) bond motifs is 1. The summed E-state index contributed by atoms with van der Waals surface area (Å²) in [5, 5.41) is 19.9. The SMILES string of the molecule is Cn1c(=O)c2ccc(-c3cnc(C(C)(C)O)nc3)cc2n1Cc1cc([C@H]2CC[C@@H](C#N)C2)ccc1OC(F)F. The predicted octanol–water partition coefficient (Wildman–Crippen LogP) is 5.08. The summed E-state index contributed by atoms with van der Waals surface area (Å²) in [5.74, 6) is 0.491. The van der Waals surface area contributed by atoms with Crippen LogP contribution in [0.1, 0.15) is 56.0 Å². The molecule has 0 aliphatic heterocycles. The number of benzene rings is 2. The van der Waals surface area contributed by atoms with Crippen molar-refractivity contribution in [3.05, 3.63) is 76.1 Å². The van der Waals surface area contributed by atoms with Crippen LogP contribution in [-0.4, -0.2) is 31.0 Å². The molecule has 0 spiro atoms. The molecule has 0 unspecified atom stereocenters. The summed E-state index contributed by atoms with van der Waals surface area (Å²) in [7, 11) is 1.63. The lowest BCUT2D eigenvalue weighted by Gasteiger charge is -2.18. The van der Waals surface area contributed by atoms with Crippen molar-refractivity contribution in [1.82, 2.24) is 19.3 Å². The van der Waals surface area contributed by atoms with E-state index in [4.69, 9.17) is 4.74 Å². The molecule has 5 rings (SSSR count). The van der Waals surface area contributed by atoms with Gasteiger partial charge in [-0.1, -0.05) is 12.1 Å². The Morgan fingerprint density at radius 2 is 1.90 bits per heavy atom. The van der Waals surface area contributed by atoms with Crippen LogP contribution < -0.4 is 10.3 Å². The van der Waals surface area contributed by atoms with E-state index in [0.717, 1.165) is 30.4 Å². The summed E-state index contributed by atoms with van der Waals surface area (Å²) in [6.45, 7) is 0.336. The first-order valence-corrected chi connectivity index (χ1v) is 12.8. The quantitative estimate of drug-likeness (QED) is 0.355. The Hall–Kier alpha value is -4.10. The molecule has 2 aromatic carbocycles.